The summed E-state index contributed by atoms with van der Waals surface area (Å²) in [4.78, 5) is 27.6. The molecule has 1 saturated heterocycles. The molecule has 0 saturated carbocycles. The van der Waals surface area contributed by atoms with E-state index in [2.05, 4.69) is 4.90 Å². The molecule has 0 spiro atoms. The average molecular weight is 324 g/mol. The Hall–Kier alpha value is -2.82. The maximum Gasteiger partial charge on any atom is 0.335 e. The van der Waals surface area contributed by atoms with Crippen molar-refractivity contribution in [3.8, 4) is 0 Å². The van der Waals surface area contributed by atoms with Crippen LogP contribution in [0.3, 0.4) is 0 Å². The van der Waals surface area contributed by atoms with Crippen LogP contribution in [0.4, 0.5) is 5.69 Å². The predicted octanol–water partition coefficient (Wildman–Crippen LogP) is 2.66. The van der Waals surface area contributed by atoms with Gasteiger partial charge in [-0.3, -0.25) is 4.79 Å². The standard InChI is InChI=1S/C19H20N2O3/c1-14-4-2-3-5-17(14)18(22)21-12-10-20(11-13-21)16-8-6-15(7-9-16)19(23)24/h2-9H,10-13H2,1H3,(H,23,24). The Kier molecular flexibility index (Phi) is 4.51. The molecular formula is C19H20N2O3. The molecule has 1 aliphatic heterocycles. The smallest absolute Gasteiger partial charge is 0.335 e. The van der Waals surface area contributed by atoms with Gasteiger partial charge in [-0.05, 0) is 42.8 Å². The van der Waals surface area contributed by atoms with Crippen molar-refractivity contribution < 1.29 is 14.7 Å². The first-order chi connectivity index (χ1) is 11.6. The molecule has 1 amide bonds. The quantitative estimate of drug-likeness (QED) is 0.943. The number of hydrogen-bond donors (Lipinski definition) is 1. The lowest BCUT2D eigenvalue weighted by molar-refractivity contribution is 0.0695. The number of nitrogens with zero attached hydrogens (tertiary/aromatic N) is 2. The number of carboxylic acids is 1. The van der Waals surface area contributed by atoms with Crippen LogP contribution in [0.5, 0.6) is 0 Å². The number of carbonyl (C=O) groups is 2. The molecule has 2 aromatic rings. The third-order valence-corrected chi connectivity index (χ3v) is 4.42. The Morgan fingerprint density at radius 3 is 2.12 bits per heavy atom. The number of carbonyl (C=O) groups excluding carboxylic acids is 1. The van der Waals surface area contributed by atoms with E-state index < -0.39 is 5.97 Å². The summed E-state index contributed by atoms with van der Waals surface area (Å²) in [6.45, 7) is 4.75. The summed E-state index contributed by atoms with van der Waals surface area (Å²) < 4.78 is 0. The number of aryl methyl sites for hydroxylation is 1. The lowest BCUT2D eigenvalue weighted by atomic mass is 10.1. The number of aromatic carboxylic acids is 1. The summed E-state index contributed by atoms with van der Waals surface area (Å²) in [5.41, 5.74) is 3.03. The molecule has 0 aromatic heterocycles. The SMILES string of the molecule is Cc1ccccc1C(=O)N1CCN(c2ccc(C(=O)O)cc2)CC1. The number of rotatable bonds is 3. The van der Waals surface area contributed by atoms with Crippen LogP contribution >= 0.6 is 0 Å². The minimum Gasteiger partial charge on any atom is -0.478 e. The lowest BCUT2D eigenvalue weighted by Gasteiger charge is -2.36. The van der Waals surface area contributed by atoms with Crippen LogP contribution in [0.1, 0.15) is 26.3 Å². The van der Waals surface area contributed by atoms with Gasteiger partial charge >= 0.3 is 5.97 Å². The first kappa shape index (κ1) is 16.1. The van der Waals surface area contributed by atoms with E-state index in [-0.39, 0.29) is 11.5 Å². The topological polar surface area (TPSA) is 60.9 Å². The van der Waals surface area contributed by atoms with Gasteiger partial charge in [0.05, 0.1) is 5.56 Å². The fourth-order valence-electron chi connectivity index (χ4n) is 2.97. The Balaban J connectivity index is 1.64. The second-order valence-electron chi connectivity index (χ2n) is 5.95. The minimum absolute atomic E-state index is 0.0778. The van der Waals surface area contributed by atoms with Crippen LogP contribution in [0.25, 0.3) is 0 Å². The zero-order valence-corrected chi connectivity index (χ0v) is 13.6. The molecular weight excluding hydrogens is 304 g/mol. The van der Waals surface area contributed by atoms with Crippen molar-refractivity contribution in [3.63, 3.8) is 0 Å². The van der Waals surface area contributed by atoms with Crippen LogP contribution in [-0.2, 0) is 0 Å². The van der Waals surface area contributed by atoms with Crippen molar-refractivity contribution >= 4 is 17.6 Å². The van der Waals surface area contributed by atoms with Gasteiger partial charge in [0.15, 0.2) is 0 Å². The van der Waals surface area contributed by atoms with E-state index in [4.69, 9.17) is 5.11 Å². The van der Waals surface area contributed by atoms with E-state index in [9.17, 15) is 9.59 Å². The summed E-state index contributed by atoms with van der Waals surface area (Å²) >= 11 is 0. The van der Waals surface area contributed by atoms with E-state index in [0.717, 1.165) is 29.9 Å². The van der Waals surface area contributed by atoms with Crippen molar-refractivity contribution in [2.45, 2.75) is 6.92 Å². The van der Waals surface area contributed by atoms with Gasteiger partial charge in [-0.15, -0.1) is 0 Å². The number of anilines is 1. The van der Waals surface area contributed by atoms with Crippen LogP contribution < -0.4 is 4.90 Å². The minimum atomic E-state index is -0.921. The third kappa shape index (κ3) is 3.25. The second-order valence-corrected chi connectivity index (χ2v) is 5.95. The molecule has 1 heterocycles. The van der Waals surface area contributed by atoms with Gasteiger partial charge in [0.1, 0.15) is 0 Å². The van der Waals surface area contributed by atoms with Crippen molar-refractivity contribution in [1.82, 2.24) is 4.90 Å². The first-order valence-electron chi connectivity index (χ1n) is 7.99. The molecule has 1 fully saturated rings. The molecule has 1 aliphatic rings. The largest absolute Gasteiger partial charge is 0.478 e. The zero-order valence-electron chi connectivity index (χ0n) is 13.6. The average Bonchev–Trinajstić information content (AvgIpc) is 2.62. The van der Waals surface area contributed by atoms with Gasteiger partial charge < -0.3 is 14.9 Å². The van der Waals surface area contributed by atoms with E-state index in [1.807, 2.05) is 48.2 Å². The normalized spacial score (nSPS) is 14.5. The van der Waals surface area contributed by atoms with E-state index in [1.165, 1.54) is 0 Å². The van der Waals surface area contributed by atoms with Crippen LogP contribution in [0.2, 0.25) is 0 Å². The molecule has 2 aromatic carbocycles. The van der Waals surface area contributed by atoms with Crippen LogP contribution in [0, 0.1) is 6.92 Å². The molecule has 5 heteroatoms. The monoisotopic (exact) mass is 324 g/mol. The zero-order chi connectivity index (χ0) is 17.1. The first-order valence-corrected chi connectivity index (χ1v) is 7.99. The molecule has 24 heavy (non-hydrogen) atoms. The Morgan fingerprint density at radius 1 is 0.917 bits per heavy atom. The molecule has 0 atom stereocenters. The molecule has 0 unspecified atom stereocenters. The number of piperazine rings is 1. The van der Waals surface area contributed by atoms with Gasteiger partial charge in [0, 0.05) is 37.4 Å². The Labute approximate surface area is 141 Å². The van der Waals surface area contributed by atoms with Crippen molar-refractivity contribution in [1.29, 1.82) is 0 Å². The summed E-state index contributed by atoms with van der Waals surface area (Å²) in [7, 11) is 0. The summed E-state index contributed by atoms with van der Waals surface area (Å²) in [6.07, 6.45) is 0. The number of hydrogen-bond acceptors (Lipinski definition) is 3. The number of amides is 1. The number of benzene rings is 2. The fraction of sp³-hybridized carbons (Fsp3) is 0.263. The van der Waals surface area contributed by atoms with E-state index in [1.54, 1.807) is 12.1 Å². The van der Waals surface area contributed by atoms with Crippen molar-refractivity contribution in [2.75, 3.05) is 31.1 Å². The molecule has 1 N–H and O–H groups in total. The Morgan fingerprint density at radius 2 is 1.54 bits per heavy atom. The molecule has 0 aliphatic carbocycles. The van der Waals surface area contributed by atoms with Gasteiger partial charge in [0.25, 0.3) is 5.91 Å². The maximum absolute atomic E-state index is 12.6. The highest BCUT2D eigenvalue weighted by Gasteiger charge is 2.23. The Bertz CT molecular complexity index is 747. The molecule has 124 valence electrons. The van der Waals surface area contributed by atoms with Gasteiger partial charge in [0.2, 0.25) is 0 Å². The van der Waals surface area contributed by atoms with Crippen molar-refractivity contribution in [2.24, 2.45) is 0 Å². The highest BCUT2D eigenvalue weighted by atomic mass is 16.4. The van der Waals surface area contributed by atoms with E-state index >= 15 is 0 Å². The van der Waals surface area contributed by atoms with Crippen molar-refractivity contribution in [3.05, 3.63) is 65.2 Å². The summed E-state index contributed by atoms with van der Waals surface area (Å²) in [6, 6.07) is 14.5. The second kappa shape index (κ2) is 6.74. The van der Waals surface area contributed by atoms with E-state index in [0.29, 0.717) is 13.1 Å². The highest BCUT2D eigenvalue weighted by Crippen LogP contribution is 2.19. The molecule has 0 bridgehead atoms. The molecule has 3 rings (SSSR count). The predicted molar refractivity (Wildman–Crippen MR) is 92.7 cm³/mol. The fourth-order valence-corrected chi connectivity index (χ4v) is 2.97. The summed E-state index contributed by atoms with van der Waals surface area (Å²) in [5.74, 6) is -0.843. The van der Waals surface area contributed by atoms with Crippen LogP contribution in [-0.4, -0.2) is 48.1 Å². The maximum atomic E-state index is 12.6. The lowest BCUT2D eigenvalue weighted by Crippen LogP contribution is -2.48. The highest BCUT2D eigenvalue weighted by molar-refractivity contribution is 5.95. The van der Waals surface area contributed by atoms with Gasteiger partial charge in [-0.1, -0.05) is 18.2 Å². The summed E-state index contributed by atoms with van der Waals surface area (Å²) in [5, 5.41) is 8.95. The van der Waals surface area contributed by atoms with Gasteiger partial charge in [-0.25, -0.2) is 4.79 Å². The van der Waals surface area contributed by atoms with Crippen LogP contribution in [0.15, 0.2) is 48.5 Å². The third-order valence-electron chi connectivity index (χ3n) is 4.42. The molecule has 0 radical (unpaired) electrons. The number of carboxylic acid groups (broad SMARTS) is 1. The molecule has 5 nitrogen and oxygen atoms in total. The van der Waals surface area contributed by atoms with Gasteiger partial charge in [-0.2, -0.15) is 0 Å².